The van der Waals surface area contributed by atoms with Crippen molar-refractivity contribution in [3.05, 3.63) is 106 Å². The molecular weight excluding hydrogens is 560 g/mol. The van der Waals surface area contributed by atoms with Gasteiger partial charge >= 0.3 is 5.97 Å². The summed E-state index contributed by atoms with van der Waals surface area (Å²) in [6.45, 7) is 2.18. The summed E-state index contributed by atoms with van der Waals surface area (Å²) >= 11 is 0. The van der Waals surface area contributed by atoms with Crippen LogP contribution in [0.4, 0.5) is 17.1 Å². The van der Waals surface area contributed by atoms with Gasteiger partial charge in [0.1, 0.15) is 18.2 Å². The van der Waals surface area contributed by atoms with Crippen molar-refractivity contribution in [1.29, 1.82) is 0 Å². The summed E-state index contributed by atoms with van der Waals surface area (Å²) < 4.78 is 6.76. The van der Waals surface area contributed by atoms with Crippen LogP contribution >= 0.6 is 0 Å². The fraction of sp³-hybridized carbons (Fsp3) is 0.212. The number of nitrogens with one attached hydrogen (secondary N) is 2. The van der Waals surface area contributed by atoms with E-state index in [1.54, 1.807) is 99.8 Å². The summed E-state index contributed by atoms with van der Waals surface area (Å²) in [5.74, 6) is -1.74. The van der Waals surface area contributed by atoms with Crippen LogP contribution in [-0.4, -0.2) is 65.1 Å². The minimum absolute atomic E-state index is 0.167. The number of carbonyl (C=O) groups is 4. The Kier molecular flexibility index (Phi) is 8.77. The van der Waals surface area contributed by atoms with E-state index in [1.165, 1.54) is 4.68 Å². The molecule has 11 heteroatoms. The first-order chi connectivity index (χ1) is 21.1. The van der Waals surface area contributed by atoms with E-state index in [2.05, 4.69) is 20.7 Å². The van der Waals surface area contributed by atoms with Gasteiger partial charge in [0.2, 0.25) is 5.91 Å². The molecule has 1 aliphatic rings. The molecule has 2 N–H and O–H groups in total. The van der Waals surface area contributed by atoms with Crippen LogP contribution in [0.5, 0.6) is 0 Å². The lowest BCUT2D eigenvalue weighted by Crippen LogP contribution is -2.23. The van der Waals surface area contributed by atoms with E-state index in [-0.39, 0.29) is 36.7 Å². The second-order valence-electron chi connectivity index (χ2n) is 10.8. The molecule has 0 bridgehead atoms. The number of nitrogens with zero attached hydrogens (tertiary/aromatic N) is 4. The number of ketones is 1. The Morgan fingerprint density at radius 3 is 2.50 bits per heavy atom. The lowest BCUT2D eigenvalue weighted by atomic mass is 9.97. The van der Waals surface area contributed by atoms with Crippen molar-refractivity contribution in [3.8, 4) is 0 Å². The number of likely N-dealkylation sites (N-methyl/N-ethyl adjacent to an activating group) is 1. The van der Waals surface area contributed by atoms with Gasteiger partial charge in [-0.2, -0.15) is 5.10 Å². The molecule has 3 aromatic carbocycles. The van der Waals surface area contributed by atoms with Crippen LogP contribution in [0.1, 0.15) is 49.1 Å². The molecule has 2 heterocycles. The number of aliphatic imine (C=N–C) groups is 1. The van der Waals surface area contributed by atoms with Crippen molar-refractivity contribution < 1.29 is 23.9 Å². The highest BCUT2D eigenvalue weighted by Crippen LogP contribution is 2.33. The zero-order valence-corrected chi connectivity index (χ0v) is 24.8. The van der Waals surface area contributed by atoms with E-state index in [0.717, 1.165) is 11.3 Å². The molecule has 1 aliphatic heterocycles. The van der Waals surface area contributed by atoms with Crippen LogP contribution in [-0.2, 0) is 28.0 Å². The van der Waals surface area contributed by atoms with Crippen LogP contribution in [0.25, 0.3) is 0 Å². The average Bonchev–Trinajstić information content (AvgIpc) is 3.50. The molecule has 0 saturated carbocycles. The Balaban J connectivity index is 1.24. The van der Waals surface area contributed by atoms with E-state index in [0.29, 0.717) is 39.4 Å². The number of esters is 1. The van der Waals surface area contributed by atoms with Crippen LogP contribution in [0, 0.1) is 6.92 Å². The summed E-state index contributed by atoms with van der Waals surface area (Å²) in [5.41, 5.74) is 5.13. The number of aryl methyl sites for hydroxylation is 2. The summed E-state index contributed by atoms with van der Waals surface area (Å²) in [6, 6.07) is 20.7. The monoisotopic (exact) mass is 592 g/mol. The first kappa shape index (κ1) is 30.1. The lowest BCUT2D eigenvalue weighted by Gasteiger charge is -2.09. The van der Waals surface area contributed by atoms with Gasteiger partial charge in [-0.1, -0.05) is 36.4 Å². The molecule has 1 aromatic heterocycles. The normalized spacial score (nSPS) is 14.0. The van der Waals surface area contributed by atoms with E-state index in [9.17, 15) is 19.2 Å². The maximum atomic E-state index is 13.3. The standard InChI is InChI=1S/C33H32N6O5/c1-20-14-29(39(4)37-20)33(43)35-25-7-5-6-22(15-25)31(41)23-10-13-26-27(32(42)36-28(26)16-23)17-34-24-11-8-21(9-12-24)19-44-30(40)18-38(2)3/h5-17,27H,18-19H2,1-4H3,(H,35,43)(H,36,42). The van der Waals surface area contributed by atoms with Crippen molar-refractivity contribution in [2.24, 2.45) is 12.0 Å². The quantitative estimate of drug-likeness (QED) is 0.160. The van der Waals surface area contributed by atoms with Crippen LogP contribution < -0.4 is 10.6 Å². The van der Waals surface area contributed by atoms with Crippen molar-refractivity contribution in [1.82, 2.24) is 14.7 Å². The third-order valence-electron chi connectivity index (χ3n) is 6.96. The highest BCUT2D eigenvalue weighted by Gasteiger charge is 2.30. The predicted octanol–water partition coefficient (Wildman–Crippen LogP) is 4.25. The third kappa shape index (κ3) is 6.96. The van der Waals surface area contributed by atoms with Crippen LogP contribution in [0.3, 0.4) is 0 Å². The number of aromatic nitrogens is 2. The number of fused-ring (bicyclic) bond motifs is 1. The summed E-state index contributed by atoms with van der Waals surface area (Å²) in [7, 11) is 5.29. The Bertz CT molecular complexity index is 1770. The topological polar surface area (TPSA) is 135 Å². The second-order valence-corrected chi connectivity index (χ2v) is 10.8. The fourth-order valence-corrected chi connectivity index (χ4v) is 4.81. The summed E-state index contributed by atoms with van der Waals surface area (Å²) in [6.07, 6.45) is 1.57. The molecule has 0 fully saturated rings. The Morgan fingerprint density at radius 1 is 1.05 bits per heavy atom. The molecule has 2 amide bonds. The highest BCUT2D eigenvalue weighted by atomic mass is 16.5. The van der Waals surface area contributed by atoms with Crippen molar-refractivity contribution in [2.75, 3.05) is 31.3 Å². The number of anilines is 2. The number of carbonyl (C=O) groups excluding carboxylic acids is 4. The summed E-state index contributed by atoms with van der Waals surface area (Å²) in [4.78, 5) is 56.8. The van der Waals surface area contributed by atoms with Gasteiger partial charge in [-0.05, 0) is 68.5 Å². The van der Waals surface area contributed by atoms with E-state index in [1.807, 2.05) is 12.1 Å². The second kappa shape index (κ2) is 12.8. The van der Waals surface area contributed by atoms with Gasteiger partial charge in [-0.3, -0.25) is 33.8 Å². The largest absolute Gasteiger partial charge is 0.460 e. The van der Waals surface area contributed by atoms with Crippen molar-refractivity contribution >= 4 is 46.8 Å². The maximum Gasteiger partial charge on any atom is 0.320 e. The SMILES string of the molecule is Cc1cc(C(=O)Nc2cccc(C(=O)c3ccc4c(c3)NC(=O)C4C=Nc3ccc(COC(=O)CN(C)C)cc3)c2)n(C)n1. The summed E-state index contributed by atoms with van der Waals surface area (Å²) in [5, 5.41) is 9.85. The Hall–Kier alpha value is -5.42. The van der Waals surface area contributed by atoms with Crippen LogP contribution in [0.15, 0.2) is 77.8 Å². The molecule has 5 rings (SSSR count). The van der Waals surface area contributed by atoms with Crippen molar-refractivity contribution in [3.63, 3.8) is 0 Å². The molecule has 0 spiro atoms. The van der Waals surface area contributed by atoms with Gasteiger partial charge in [0.25, 0.3) is 5.91 Å². The number of benzene rings is 3. The fourth-order valence-electron chi connectivity index (χ4n) is 4.81. The average molecular weight is 593 g/mol. The zero-order valence-electron chi connectivity index (χ0n) is 24.8. The molecule has 1 unspecified atom stereocenters. The third-order valence-corrected chi connectivity index (χ3v) is 6.96. The number of rotatable bonds is 10. The molecule has 0 saturated heterocycles. The first-order valence-electron chi connectivity index (χ1n) is 13.9. The number of hydrogen-bond donors (Lipinski definition) is 2. The van der Waals surface area contributed by atoms with Gasteiger partial charge < -0.3 is 15.4 Å². The highest BCUT2D eigenvalue weighted by molar-refractivity contribution is 6.15. The molecule has 224 valence electrons. The van der Waals surface area contributed by atoms with E-state index < -0.39 is 5.92 Å². The molecule has 4 aromatic rings. The minimum Gasteiger partial charge on any atom is -0.460 e. The molecule has 1 atom stereocenters. The first-order valence-corrected chi connectivity index (χ1v) is 13.9. The smallest absolute Gasteiger partial charge is 0.320 e. The van der Waals surface area contributed by atoms with Crippen LogP contribution in [0.2, 0.25) is 0 Å². The zero-order chi connectivity index (χ0) is 31.4. The van der Waals surface area contributed by atoms with Gasteiger partial charge in [0.15, 0.2) is 5.78 Å². The molecular formula is C33H32N6O5. The predicted molar refractivity (Wildman–Crippen MR) is 167 cm³/mol. The maximum absolute atomic E-state index is 13.3. The van der Waals surface area contributed by atoms with Crippen molar-refractivity contribution in [2.45, 2.75) is 19.4 Å². The molecule has 0 aliphatic carbocycles. The van der Waals surface area contributed by atoms with E-state index in [4.69, 9.17) is 4.74 Å². The minimum atomic E-state index is -0.616. The van der Waals surface area contributed by atoms with E-state index >= 15 is 0 Å². The molecule has 44 heavy (non-hydrogen) atoms. The van der Waals surface area contributed by atoms with Gasteiger partial charge in [0, 0.05) is 35.8 Å². The Labute approximate surface area is 254 Å². The number of amides is 2. The molecule has 0 radical (unpaired) electrons. The lowest BCUT2D eigenvalue weighted by molar-refractivity contribution is -0.145. The Morgan fingerprint density at radius 2 is 1.80 bits per heavy atom. The van der Waals surface area contributed by atoms with Gasteiger partial charge in [-0.15, -0.1) is 0 Å². The number of hydrogen-bond acceptors (Lipinski definition) is 8. The number of ether oxygens (including phenoxy) is 1. The van der Waals surface area contributed by atoms with Gasteiger partial charge in [0.05, 0.1) is 17.9 Å². The van der Waals surface area contributed by atoms with Gasteiger partial charge in [-0.25, -0.2) is 0 Å². The molecule has 11 nitrogen and oxygen atoms in total.